The van der Waals surface area contributed by atoms with Gasteiger partial charge in [-0.25, -0.2) is 4.98 Å². The van der Waals surface area contributed by atoms with Crippen molar-refractivity contribution in [2.45, 2.75) is 20.3 Å². The van der Waals surface area contributed by atoms with Gasteiger partial charge in [-0.1, -0.05) is 19.1 Å². The Kier molecular flexibility index (Phi) is 5.86. The minimum Gasteiger partial charge on any atom is -0.475 e. The monoisotopic (exact) mass is 254 g/mol. The Morgan fingerprint density at radius 3 is 2.82 bits per heavy atom. The second-order valence-corrected chi connectivity index (χ2v) is 4.07. The summed E-state index contributed by atoms with van der Waals surface area (Å²) in [6, 6.07) is 1.86. The van der Waals surface area contributed by atoms with Crippen LogP contribution in [0.15, 0.2) is 12.3 Å². The van der Waals surface area contributed by atoms with Crippen molar-refractivity contribution in [1.29, 1.82) is 0 Å². The molecular formula is C12H18N2O2S. The van der Waals surface area contributed by atoms with E-state index in [1.165, 1.54) is 0 Å². The van der Waals surface area contributed by atoms with Gasteiger partial charge < -0.3 is 15.2 Å². The quantitative estimate of drug-likeness (QED) is 0.594. The molecule has 0 amide bonds. The third-order valence-corrected chi connectivity index (χ3v) is 2.39. The molecule has 2 N–H and O–H groups in total. The summed E-state index contributed by atoms with van der Waals surface area (Å²) in [5.74, 6) is 0.484. The second-order valence-electron chi connectivity index (χ2n) is 3.63. The first-order valence-corrected chi connectivity index (χ1v) is 6.03. The molecule has 0 atom stereocenters. The molecular weight excluding hydrogens is 236 g/mol. The van der Waals surface area contributed by atoms with Crippen molar-refractivity contribution in [3.63, 3.8) is 0 Å². The summed E-state index contributed by atoms with van der Waals surface area (Å²) in [7, 11) is 0. The summed E-state index contributed by atoms with van der Waals surface area (Å²) >= 11 is 4.98. The van der Waals surface area contributed by atoms with Gasteiger partial charge >= 0.3 is 0 Å². The van der Waals surface area contributed by atoms with Crippen molar-refractivity contribution in [3.05, 3.63) is 23.4 Å². The normalized spacial score (nSPS) is 10.2. The zero-order valence-corrected chi connectivity index (χ0v) is 11.0. The van der Waals surface area contributed by atoms with Gasteiger partial charge in [-0.05, 0) is 25.0 Å². The molecule has 1 aromatic rings. The van der Waals surface area contributed by atoms with Crippen LogP contribution in [0.25, 0.3) is 0 Å². The third-order valence-electron chi connectivity index (χ3n) is 2.19. The van der Waals surface area contributed by atoms with E-state index in [-0.39, 0.29) is 0 Å². The molecule has 1 heterocycles. The van der Waals surface area contributed by atoms with E-state index in [0.717, 1.165) is 18.6 Å². The fourth-order valence-electron chi connectivity index (χ4n) is 1.39. The molecule has 94 valence electrons. The number of aromatic nitrogens is 1. The largest absolute Gasteiger partial charge is 0.475 e. The Hall–Kier alpha value is -1.20. The van der Waals surface area contributed by atoms with Gasteiger partial charge in [0.2, 0.25) is 5.88 Å². The van der Waals surface area contributed by atoms with Gasteiger partial charge in [-0.3, -0.25) is 0 Å². The fraction of sp³-hybridized carbons (Fsp3) is 0.500. The van der Waals surface area contributed by atoms with Gasteiger partial charge in [0.05, 0.1) is 12.2 Å². The lowest BCUT2D eigenvalue weighted by Crippen LogP contribution is -2.16. The molecule has 0 aromatic carbocycles. The minimum atomic E-state index is 0.306. The van der Waals surface area contributed by atoms with Crippen LogP contribution in [-0.2, 0) is 4.74 Å². The van der Waals surface area contributed by atoms with Gasteiger partial charge in [0, 0.05) is 12.8 Å². The van der Waals surface area contributed by atoms with E-state index < -0.39 is 0 Å². The molecule has 0 spiro atoms. The highest BCUT2D eigenvalue weighted by Crippen LogP contribution is 2.18. The number of nitrogens with two attached hydrogens (primary N) is 1. The summed E-state index contributed by atoms with van der Waals surface area (Å²) in [6.45, 7) is 5.73. The van der Waals surface area contributed by atoms with Crippen molar-refractivity contribution in [2.24, 2.45) is 5.73 Å². The number of nitrogens with zero attached hydrogens (tertiary/aromatic N) is 1. The van der Waals surface area contributed by atoms with Crippen LogP contribution in [0.5, 0.6) is 5.88 Å². The van der Waals surface area contributed by atoms with E-state index in [1.54, 1.807) is 6.20 Å². The average Bonchev–Trinajstić information content (AvgIpc) is 2.28. The van der Waals surface area contributed by atoms with Crippen LogP contribution in [0.1, 0.15) is 24.5 Å². The predicted molar refractivity (Wildman–Crippen MR) is 71.5 cm³/mol. The Morgan fingerprint density at radius 2 is 2.18 bits per heavy atom. The van der Waals surface area contributed by atoms with E-state index in [4.69, 9.17) is 27.4 Å². The van der Waals surface area contributed by atoms with Gasteiger partial charge in [0.1, 0.15) is 11.6 Å². The fourth-order valence-corrected chi connectivity index (χ4v) is 1.63. The lowest BCUT2D eigenvalue weighted by molar-refractivity contribution is 0.0989. The Bertz CT molecular complexity index is 383. The average molecular weight is 254 g/mol. The summed E-state index contributed by atoms with van der Waals surface area (Å²) < 4.78 is 10.8. The van der Waals surface area contributed by atoms with Crippen molar-refractivity contribution in [3.8, 4) is 5.88 Å². The molecule has 4 nitrogen and oxygen atoms in total. The van der Waals surface area contributed by atoms with Gasteiger partial charge in [-0.2, -0.15) is 0 Å². The summed E-state index contributed by atoms with van der Waals surface area (Å²) in [5, 5.41) is 0. The number of aryl methyl sites for hydroxylation is 1. The molecule has 0 saturated heterocycles. The first-order valence-electron chi connectivity index (χ1n) is 5.62. The maximum absolute atomic E-state index is 5.65. The minimum absolute atomic E-state index is 0.306. The van der Waals surface area contributed by atoms with Crippen LogP contribution in [0.3, 0.4) is 0 Å². The lowest BCUT2D eigenvalue weighted by atomic mass is 10.1. The van der Waals surface area contributed by atoms with Crippen LogP contribution in [0.2, 0.25) is 0 Å². The number of ether oxygens (including phenoxy) is 2. The second kappa shape index (κ2) is 7.19. The number of pyridine rings is 1. The number of thiocarbonyl (C=S) groups is 1. The van der Waals surface area contributed by atoms with Crippen LogP contribution in [0.4, 0.5) is 0 Å². The predicted octanol–water partition coefficient (Wildman–Crippen LogP) is 1.83. The zero-order chi connectivity index (χ0) is 12.7. The van der Waals surface area contributed by atoms with Crippen molar-refractivity contribution in [1.82, 2.24) is 4.98 Å². The molecule has 0 saturated carbocycles. The van der Waals surface area contributed by atoms with E-state index in [2.05, 4.69) is 11.9 Å². The van der Waals surface area contributed by atoms with Gasteiger partial charge in [-0.15, -0.1) is 0 Å². The maximum atomic E-state index is 5.65. The molecule has 0 aliphatic heterocycles. The molecule has 1 aromatic heterocycles. The van der Waals surface area contributed by atoms with Crippen molar-refractivity contribution in [2.75, 3.05) is 19.8 Å². The van der Waals surface area contributed by atoms with Gasteiger partial charge in [0.25, 0.3) is 0 Å². The summed E-state index contributed by atoms with van der Waals surface area (Å²) in [4.78, 5) is 4.44. The molecule has 1 rings (SSSR count). The van der Waals surface area contributed by atoms with Crippen LogP contribution >= 0.6 is 12.2 Å². The lowest BCUT2D eigenvalue weighted by Gasteiger charge is -2.11. The first-order chi connectivity index (χ1) is 8.16. The van der Waals surface area contributed by atoms with Crippen molar-refractivity contribution < 1.29 is 9.47 Å². The Morgan fingerprint density at radius 1 is 1.41 bits per heavy atom. The van der Waals surface area contributed by atoms with Crippen LogP contribution < -0.4 is 10.5 Å². The standard InChI is InChI=1S/C12H18N2O2S/c1-3-6-15-7-8-16-12-10(11(13)17)9(2)4-5-14-12/h4-5H,3,6-8H2,1-2H3,(H2,13,17). The first kappa shape index (κ1) is 13.9. The topological polar surface area (TPSA) is 57.4 Å². The summed E-state index contributed by atoms with van der Waals surface area (Å²) in [6.07, 6.45) is 2.68. The maximum Gasteiger partial charge on any atom is 0.224 e. The molecule has 5 heteroatoms. The Balaban J connectivity index is 2.58. The van der Waals surface area contributed by atoms with Crippen molar-refractivity contribution >= 4 is 17.2 Å². The van der Waals surface area contributed by atoms with E-state index in [1.807, 2.05) is 13.0 Å². The summed E-state index contributed by atoms with van der Waals surface area (Å²) in [5.41, 5.74) is 7.32. The van der Waals surface area contributed by atoms with E-state index in [9.17, 15) is 0 Å². The Labute approximate surface area is 107 Å². The van der Waals surface area contributed by atoms with E-state index in [0.29, 0.717) is 29.6 Å². The van der Waals surface area contributed by atoms with Gasteiger partial charge in [0.15, 0.2) is 0 Å². The highest BCUT2D eigenvalue weighted by Gasteiger charge is 2.10. The number of rotatable bonds is 7. The molecule has 0 fully saturated rings. The molecule has 0 unspecified atom stereocenters. The number of hydrogen-bond acceptors (Lipinski definition) is 4. The molecule has 17 heavy (non-hydrogen) atoms. The molecule has 0 bridgehead atoms. The highest BCUT2D eigenvalue weighted by atomic mass is 32.1. The van der Waals surface area contributed by atoms with Crippen LogP contribution in [-0.4, -0.2) is 29.8 Å². The number of hydrogen-bond donors (Lipinski definition) is 1. The smallest absolute Gasteiger partial charge is 0.224 e. The zero-order valence-electron chi connectivity index (χ0n) is 10.2. The SMILES string of the molecule is CCCOCCOc1nccc(C)c1C(N)=S. The van der Waals surface area contributed by atoms with Crippen LogP contribution in [0, 0.1) is 6.92 Å². The molecule has 0 aliphatic rings. The molecule has 0 radical (unpaired) electrons. The molecule has 0 aliphatic carbocycles. The van der Waals surface area contributed by atoms with E-state index >= 15 is 0 Å². The third kappa shape index (κ3) is 4.28. The highest BCUT2D eigenvalue weighted by molar-refractivity contribution is 7.80.